The second-order valence-corrected chi connectivity index (χ2v) is 13.4. The van der Waals surface area contributed by atoms with Gasteiger partial charge in [0.25, 0.3) is 0 Å². The van der Waals surface area contributed by atoms with Gasteiger partial charge in [0.15, 0.2) is 0 Å². The number of carbonyl (C=O) groups is 2. The summed E-state index contributed by atoms with van der Waals surface area (Å²) in [5, 5.41) is 20.1. The Balaban J connectivity index is 1.18. The van der Waals surface area contributed by atoms with Crippen LogP contribution in [0.2, 0.25) is 0 Å². The fourth-order valence-electron chi connectivity index (χ4n) is 6.49. The number of rotatable bonds is 15. The Morgan fingerprint density at radius 1 is 0.473 bits per heavy atom. The molecule has 5 nitrogen and oxygen atoms in total. The lowest BCUT2D eigenvalue weighted by molar-refractivity contribution is 0.111. The lowest BCUT2D eigenvalue weighted by Crippen LogP contribution is -2.18. The van der Waals surface area contributed by atoms with Crippen molar-refractivity contribution in [2.45, 2.75) is 32.6 Å². The van der Waals surface area contributed by atoms with E-state index < -0.39 is 0 Å². The quantitative estimate of drug-likeness (QED) is 0.0457. The molecule has 0 aliphatic rings. The van der Waals surface area contributed by atoms with Crippen LogP contribution in [-0.2, 0) is 0 Å². The van der Waals surface area contributed by atoms with Gasteiger partial charge in [-0.3, -0.25) is 9.59 Å². The highest BCUT2D eigenvalue weighted by Gasteiger charge is 2.11. The lowest BCUT2D eigenvalue weighted by atomic mass is 9.99. The first kappa shape index (κ1) is 37.7. The summed E-state index contributed by atoms with van der Waals surface area (Å²) in [5.41, 5.74) is 12.2. The molecule has 0 radical (unpaired) electrons. The molecule has 0 fully saturated rings. The van der Waals surface area contributed by atoms with E-state index in [9.17, 15) is 20.1 Å². The fraction of sp³-hybridized carbons (Fsp3) is 0.120. The molecule has 0 heterocycles. The number of allylic oxidation sites excluding steroid dienone is 2. The van der Waals surface area contributed by atoms with Crippen molar-refractivity contribution in [2.75, 3.05) is 11.4 Å². The summed E-state index contributed by atoms with van der Waals surface area (Å²) >= 11 is 0. The van der Waals surface area contributed by atoms with Crippen LogP contribution < -0.4 is 4.90 Å². The molecule has 268 valence electrons. The van der Waals surface area contributed by atoms with E-state index in [-0.39, 0.29) is 0 Å². The molecule has 5 heteroatoms. The molecular formula is C50H41N3O2. The standard InChI is InChI=1S/C50H41N3O2/c1-2-3-4-5-30-53(49-26-10-37(11-27-49)31-47(33-51)45-22-18-43(19-23-45)41-14-6-39(35-54)7-15-41)50-28-12-38(13-29-50)32-48(34-52)46-24-20-44(21-25-46)42-16-8-40(36-55)9-17-42/h6-29,31-32,35-36H,2-5,30H2,1H3/b47-31+,48-32+. The van der Waals surface area contributed by atoms with Crippen molar-refractivity contribution in [1.82, 2.24) is 0 Å². The van der Waals surface area contributed by atoms with Gasteiger partial charge in [0.2, 0.25) is 0 Å². The average molecular weight is 716 g/mol. The first-order chi connectivity index (χ1) is 27.0. The third-order valence-corrected chi connectivity index (χ3v) is 9.66. The molecule has 6 rings (SSSR count). The predicted octanol–water partition coefficient (Wildman–Crippen LogP) is 12.5. The largest absolute Gasteiger partial charge is 0.341 e. The molecule has 0 bridgehead atoms. The minimum atomic E-state index is 0.578. The molecule has 0 saturated carbocycles. The van der Waals surface area contributed by atoms with E-state index in [4.69, 9.17) is 0 Å². The van der Waals surface area contributed by atoms with Crippen LogP contribution in [0.1, 0.15) is 75.6 Å². The number of anilines is 2. The van der Waals surface area contributed by atoms with Gasteiger partial charge in [-0.2, -0.15) is 10.5 Å². The number of unbranched alkanes of at least 4 members (excludes halogenated alkanes) is 3. The highest BCUT2D eigenvalue weighted by Crippen LogP contribution is 2.30. The zero-order chi connectivity index (χ0) is 38.4. The second kappa shape index (κ2) is 18.6. The lowest BCUT2D eigenvalue weighted by Gasteiger charge is -2.25. The summed E-state index contributed by atoms with van der Waals surface area (Å²) in [6.45, 7) is 3.08. The van der Waals surface area contributed by atoms with Gasteiger partial charge >= 0.3 is 0 Å². The van der Waals surface area contributed by atoms with Crippen LogP contribution in [0.3, 0.4) is 0 Å². The molecule has 55 heavy (non-hydrogen) atoms. The third kappa shape index (κ3) is 9.68. The van der Waals surface area contributed by atoms with Crippen molar-refractivity contribution in [3.63, 3.8) is 0 Å². The molecule has 0 aliphatic heterocycles. The topological polar surface area (TPSA) is 85.0 Å². The number of hydrogen-bond acceptors (Lipinski definition) is 5. The maximum atomic E-state index is 11.0. The van der Waals surface area contributed by atoms with E-state index >= 15 is 0 Å². The molecule has 0 unspecified atom stereocenters. The van der Waals surface area contributed by atoms with Gasteiger partial charge < -0.3 is 4.90 Å². The van der Waals surface area contributed by atoms with Crippen LogP contribution in [0.25, 0.3) is 45.6 Å². The van der Waals surface area contributed by atoms with Crippen molar-refractivity contribution in [3.05, 3.63) is 179 Å². The Hall–Kier alpha value is -7.08. The zero-order valence-electron chi connectivity index (χ0n) is 30.9. The molecule has 0 aromatic heterocycles. The minimum absolute atomic E-state index is 0.578. The molecule has 0 N–H and O–H groups in total. The SMILES string of the molecule is CCCCCCN(c1ccc(/C=C(\C#N)c2ccc(-c3ccc(C=O)cc3)cc2)cc1)c1ccc(/C=C(\C#N)c2ccc(-c3ccc(C=O)cc3)cc2)cc1. The molecule has 0 saturated heterocycles. The number of aldehydes is 2. The van der Waals surface area contributed by atoms with Crippen LogP contribution >= 0.6 is 0 Å². The van der Waals surface area contributed by atoms with E-state index in [0.717, 1.165) is 87.8 Å². The van der Waals surface area contributed by atoms with E-state index in [1.165, 1.54) is 12.8 Å². The molecule has 6 aromatic rings. The Kier molecular flexibility index (Phi) is 12.7. The number of carbonyl (C=O) groups excluding carboxylic acids is 2. The summed E-state index contributed by atoms with van der Waals surface area (Å²) in [4.78, 5) is 24.4. The van der Waals surface area contributed by atoms with Gasteiger partial charge in [-0.1, -0.05) is 148 Å². The highest BCUT2D eigenvalue weighted by molar-refractivity contribution is 5.91. The summed E-state index contributed by atoms with van der Waals surface area (Å²) in [7, 11) is 0. The summed E-state index contributed by atoms with van der Waals surface area (Å²) in [6.07, 6.45) is 10.1. The number of benzene rings is 6. The van der Waals surface area contributed by atoms with Gasteiger partial charge in [0.05, 0.1) is 23.3 Å². The van der Waals surface area contributed by atoms with Crippen LogP contribution in [0.4, 0.5) is 11.4 Å². The Bertz CT molecular complexity index is 2190. The third-order valence-electron chi connectivity index (χ3n) is 9.66. The predicted molar refractivity (Wildman–Crippen MR) is 226 cm³/mol. The summed E-state index contributed by atoms with van der Waals surface area (Å²) < 4.78 is 0. The minimum Gasteiger partial charge on any atom is -0.341 e. The fourth-order valence-corrected chi connectivity index (χ4v) is 6.49. The first-order valence-electron chi connectivity index (χ1n) is 18.5. The summed E-state index contributed by atoms with van der Waals surface area (Å²) in [6, 6.07) is 52.1. The highest BCUT2D eigenvalue weighted by atomic mass is 16.1. The van der Waals surface area contributed by atoms with Gasteiger partial charge in [-0.25, -0.2) is 0 Å². The number of hydrogen-bond donors (Lipinski definition) is 0. The number of nitriles is 2. The molecule has 6 aromatic carbocycles. The average Bonchev–Trinajstić information content (AvgIpc) is 3.25. The van der Waals surface area contributed by atoms with Crippen molar-refractivity contribution in [1.29, 1.82) is 10.5 Å². The Morgan fingerprint density at radius 2 is 0.818 bits per heavy atom. The normalized spacial score (nSPS) is 11.3. The Morgan fingerprint density at radius 3 is 1.15 bits per heavy atom. The van der Waals surface area contributed by atoms with E-state index in [1.54, 1.807) is 24.3 Å². The molecule has 0 aliphatic carbocycles. The first-order valence-corrected chi connectivity index (χ1v) is 18.5. The molecule has 0 spiro atoms. The van der Waals surface area contributed by atoms with E-state index in [2.05, 4.69) is 72.5 Å². The van der Waals surface area contributed by atoms with Gasteiger partial charge in [0.1, 0.15) is 12.6 Å². The molecule has 0 atom stereocenters. The maximum Gasteiger partial charge on any atom is 0.150 e. The van der Waals surface area contributed by atoms with Crippen molar-refractivity contribution in [2.24, 2.45) is 0 Å². The van der Waals surface area contributed by atoms with Gasteiger partial charge in [-0.05, 0) is 87.3 Å². The van der Waals surface area contributed by atoms with Crippen molar-refractivity contribution in [3.8, 4) is 34.4 Å². The van der Waals surface area contributed by atoms with Gasteiger partial charge in [-0.15, -0.1) is 0 Å². The number of nitrogens with zero attached hydrogens (tertiary/aromatic N) is 3. The molecular weight excluding hydrogens is 675 g/mol. The second-order valence-electron chi connectivity index (χ2n) is 13.4. The van der Waals surface area contributed by atoms with Crippen LogP contribution in [0.5, 0.6) is 0 Å². The molecule has 0 amide bonds. The van der Waals surface area contributed by atoms with E-state index in [0.29, 0.717) is 22.3 Å². The van der Waals surface area contributed by atoms with E-state index in [1.807, 2.05) is 84.9 Å². The smallest absolute Gasteiger partial charge is 0.150 e. The summed E-state index contributed by atoms with van der Waals surface area (Å²) in [5.74, 6) is 0. The van der Waals surface area contributed by atoms with Crippen molar-refractivity contribution < 1.29 is 9.59 Å². The maximum absolute atomic E-state index is 11.0. The Labute approximate surface area is 323 Å². The van der Waals surface area contributed by atoms with Crippen LogP contribution in [0.15, 0.2) is 146 Å². The van der Waals surface area contributed by atoms with Crippen LogP contribution in [-0.4, -0.2) is 19.1 Å². The monoisotopic (exact) mass is 715 g/mol. The van der Waals surface area contributed by atoms with Crippen LogP contribution in [0, 0.1) is 22.7 Å². The zero-order valence-corrected chi connectivity index (χ0v) is 30.9. The van der Waals surface area contributed by atoms with Crippen molar-refractivity contribution >= 4 is 47.2 Å². The van der Waals surface area contributed by atoms with Gasteiger partial charge in [0, 0.05) is 29.0 Å².